The van der Waals surface area contributed by atoms with E-state index < -0.39 is 29.7 Å². The summed E-state index contributed by atoms with van der Waals surface area (Å²) in [7, 11) is 0. The van der Waals surface area contributed by atoms with Crippen molar-refractivity contribution in [2.75, 3.05) is 74.0 Å². The molecule has 5 fully saturated rings. The van der Waals surface area contributed by atoms with E-state index in [-0.39, 0.29) is 53.8 Å². The molecule has 20 heteroatoms. The van der Waals surface area contributed by atoms with E-state index >= 15 is 0 Å². The number of aromatic nitrogens is 4. The van der Waals surface area contributed by atoms with Gasteiger partial charge in [-0.3, -0.25) is 43.9 Å². The standard InChI is InChI=1S/C50H52Cl2N12O6/c51-38-2-1-3-39(52)42(38)47(67)57-32-22-35(23-32)63-28-55-43-44(53-27-54-45(43)63)56-31-4-6-33(7-5-31)60-20-18-59(19-21-60)15-12-29-13-16-61(17-14-29)48(68)30-25-62(26-30)34-8-9-36-37(24-34)50(70)64(49(36)69)40-10-11-41(65)58-46(40)66/h1-9,24,27-30,32,35,40H,10-23,25-26H2,(H,57,67)(H,53,54,56)(H,58,65,66)/t32?,35?,40-/m0/s1. The summed E-state index contributed by atoms with van der Waals surface area (Å²) in [5, 5.41) is 9.36. The van der Waals surface area contributed by atoms with Gasteiger partial charge >= 0.3 is 0 Å². The summed E-state index contributed by atoms with van der Waals surface area (Å²) in [4.78, 5) is 101. The second-order valence-electron chi connectivity index (χ2n) is 19.3. The number of hydrogen-bond acceptors (Lipinski definition) is 13. The Balaban J connectivity index is 0.594. The van der Waals surface area contributed by atoms with Gasteiger partial charge in [-0.1, -0.05) is 29.3 Å². The molecule has 18 nitrogen and oxygen atoms in total. The van der Waals surface area contributed by atoms with E-state index in [4.69, 9.17) is 23.2 Å². The second kappa shape index (κ2) is 18.9. The smallest absolute Gasteiger partial charge is 0.262 e. The van der Waals surface area contributed by atoms with Crippen LogP contribution in [-0.2, 0) is 14.4 Å². The van der Waals surface area contributed by atoms with Gasteiger partial charge in [0.1, 0.15) is 12.4 Å². The van der Waals surface area contributed by atoms with Crippen molar-refractivity contribution in [3.05, 3.63) is 100 Å². The van der Waals surface area contributed by atoms with Crippen molar-refractivity contribution < 1.29 is 28.8 Å². The zero-order chi connectivity index (χ0) is 48.2. The number of fused-ring (bicyclic) bond motifs is 2. The van der Waals surface area contributed by atoms with E-state index in [2.05, 4.69) is 65.0 Å². The van der Waals surface area contributed by atoms with Crippen LogP contribution in [0, 0.1) is 11.8 Å². The van der Waals surface area contributed by atoms with Gasteiger partial charge < -0.3 is 29.9 Å². The molecule has 2 aromatic heterocycles. The Morgan fingerprint density at radius 3 is 2.21 bits per heavy atom. The minimum atomic E-state index is -1.01. The van der Waals surface area contributed by atoms with Gasteiger partial charge in [0.2, 0.25) is 17.7 Å². The third-order valence-corrected chi connectivity index (χ3v) is 15.7. The molecule has 11 rings (SSSR count). The Bertz CT molecular complexity index is 2880. The van der Waals surface area contributed by atoms with E-state index in [9.17, 15) is 28.8 Å². The van der Waals surface area contributed by atoms with Gasteiger partial charge in [0.25, 0.3) is 17.7 Å². The molecule has 0 unspecified atom stereocenters. The zero-order valence-electron chi connectivity index (χ0n) is 38.4. The Kier molecular flexibility index (Phi) is 12.4. The van der Waals surface area contributed by atoms with Crippen LogP contribution in [0.5, 0.6) is 0 Å². The van der Waals surface area contributed by atoms with Gasteiger partial charge in [-0.15, -0.1) is 0 Å². The molecule has 3 N–H and O–H groups in total. The molecule has 1 atom stereocenters. The van der Waals surface area contributed by atoms with Crippen LogP contribution in [0.4, 0.5) is 22.9 Å². The largest absolute Gasteiger partial charge is 0.370 e. The molecule has 5 aliphatic heterocycles. The van der Waals surface area contributed by atoms with Crippen molar-refractivity contribution >= 4 is 92.7 Å². The van der Waals surface area contributed by atoms with Crippen LogP contribution in [0.15, 0.2) is 73.3 Å². The topological polar surface area (TPSA) is 198 Å². The number of imide groups is 2. The molecule has 0 radical (unpaired) electrons. The summed E-state index contributed by atoms with van der Waals surface area (Å²) in [6.45, 7) is 7.54. The minimum Gasteiger partial charge on any atom is -0.370 e. The third kappa shape index (κ3) is 8.81. The van der Waals surface area contributed by atoms with E-state index in [1.54, 1.807) is 49.1 Å². The van der Waals surface area contributed by atoms with Crippen molar-refractivity contribution in [2.24, 2.45) is 11.8 Å². The fraction of sp³-hybridized carbons (Fsp3) is 0.420. The number of nitrogens with zero attached hydrogens (tertiary/aromatic N) is 9. The number of benzene rings is 3. The van der Waals surface area contributed by atoms with E-state index in [0.717, 1.165) is 99.8 Å². The lowest BCUT2D eigenvalue weighted by Gasteiger charge is -2.43. The first-order valence-electron chi connectivity index (χ1n) is 24.1. The maximum atomic E-state index is 13.5. The maximum absolute atomic E-state index is 13.5. The number of piperazine rings is 1. The van der Waals surface area contributed by atoms with Crippen LogP contribution in [0.1, 0.15) is 82.1 Å². The molecular formula is C50H52Cl2N12O6. The summed E-state index contributed by atoms with van der Waals surface area (Å²) in [5.41, 5.74) is 5.03. The third-order valence-electron chi connectivity index (χ3n) is 15.1. The summed E-state index contributed by atoms with van der Waals surface area (Å²) in [6.07, 6.45) is 8.09. The van der Waals surface area contributed by atoms with Gasteiger partial charge in [-0.2, -0.15) is 0 Å². The number of rotatable bonds is 12. The summed E-state index contributed by atoms with van der Waals surface area (Å²) in [5.74, 6) is -1.12. The first-order chi connectivity index (χ1) is 33.9. The fourth-order valence-corrected chi connectivity index (χ4v) is 11.4. The quantitative estimate of drug-likeness (QED) is 0.136. The van der Waals surface area contributed by atoms with Crippen molar-refractivity contribution in [3.8, 4) is 0 Å². The van der Waals surface area contributed by atoms with E-state index in [1.165, 1.54) is 5.69 Å². The van der Waals surface area contributed by atoms with Crippen LogP contribution >= 0.6 is 23.2 Å². The number of anilines is 4. The fourth-order valence-electron chi connectivity index (χ4n) is 10.8. The van der Waals surface area contributed by atoms with Gasteiger partial charge in [-0.25, -0.2) is 15.0 Å². The normalized spacial score (nSPS) is 22.2. The monoisotopic (exact) mass is 986 g/mol. The lowest BCUT2D eigenvalue weighted by molar-refractivity contribution is -0.138. The molecule has 1 saturated carbocycles. The second-order valence-corrected chi connectivity index (χ2v) is 20.1. The first kappa shape index (κ1) is 45.8. The lowest BCUT2D eigenvalue weighted by Crippen LogP contribution is -2.55. The van der Waals surface area contributed by atoms with Crippen LogP contribution in [-0.4, -0.2) is 141 Å². The van der Waals surface area contributed by atoms with Crippen molar-refractivity contribution in [3.63, 3.8) is 0 Å². The molecule has 7 heterocycles. The Hall–Kier alpha value is -6.63. The molecule has 0 bridgehead atoms. The van der Waals surface area contributed by atoms with E-state index in [0.29, 0.717) is 46.0 Å². The number of nitrogens with one attached hydrogen (secondary N) is 3. The number of hydrogen-bond donors (Lipinski definition) is 3. The van der Waals surface area contributed by atoms with Gasteiger partial charge in [0.15, 0.2) is 17.0 Å². The van der Waals surface area contributed by atoms with Crippen LogP contribution in [0.2, 0.25) is 10.0 Å². The number of carbonyl (C=O) groups excluding carboxylic acids is 6. The highest BCUT2D eigenvalue weighted by molar-refractivity contribution is 6.39. The average molecular weight is 988 g/mol. The highest BCUT2D eigenvalue weighted by Crippen LogP contribution is 2.37. The van der Waals surface area contributed by atoms with Gasteiger partial charge in [0.05, 0.1) is 39.0 Å². The number of amides is 6. The molecule has 362 valence electrons. The predicted molar refractivity (Wildman–Crippen MR) is 262 cm³/mol. The van der Waals surface area contributed by atoms with Crippen LogP contribution in [0.25, 0.3) is 11.2 Å². The number of likely N-dealkylation sites (tertiary alicyclic amines) is 1. The van der Waals surface area contributed by atoms with Gasteiger partial charge in [-0.05, 0) is 106 Å². The lowest BCUT2D eigenvalue weighted by atomic mass is 9.86. The molecule has 6 aliphatic rings. The van der Waals surface area contributed by atoms with E-state index in [1.807, 2.05) is 14.4 Å². The molecular weight excluding hydrogens is 936 g/mol. The molecule has 0 spiro atoms. The Morgan fingerprint density at radius 1 is 0.771 bits per heavy atom. The molecule has 3 aromatic carbocycles. The maximum Gasteiger partial charge on any atom is 0.262 e. The first-order valence-corrected chi connectivity index (χ1v) is 24.9. The summed E-state index contributed by atoms with van der Waals surface area (Å²) < 4.78 is 2.05. The average Bonchev–Trinajstić information content (AvgIpc) is 3.87. The molecule has 1 aliphatic carbocycles. The number of halogens is 2. The SMILES string of the molecule is O=C1CC[C@H](N2C(=O)c3ccc(N4CC(C(=O)N5CCC(CCN6CCN(c7ccc(Nc8ncnc9c8ncn9C8CC(NC(=O)c9c(Cl)cccc9Cl)C8)cc7)CC6)CC5)C4)cc3C2=O)C(=O)N1. The molecule has 4 saturated heterocycles. The highest BCUT2D eigenvalue weighted by Gasteiger charge is 2.45. The molecule has 70 heavy (non-hydrogen) atoms. The van der Waals surface area contributed by atoms with Crippen LogP contribution < -0.4 is 25.8 Å². The van der Waals surface area contributed by atoms with Gasteiger partial charge in [0, 0.05) is 87.9 Å². The predicted octanol–water partition coefficient (Wildman–Crippen LogP) is 5.30. The minimum absolute atomic E-state index is 0.0178. The van der Waals surface area contributed by atoms with Crippen molar-refractivity contribution in [1.82, 2.24) is 44.9 Å². The van der Waals surface area contributed by atoms with Crippen molar-refractivity contribution in [2.45, 2.75) is 63.1 Å². The molecule has 5 aromatic rings. The zero-order valence-corrected chi connectivity index (χ0v) is 39.9. The number of piperidine rings is 2. The summed E-state index contributed by atoms with van der Waals surface area (Å²) >= 11 is 12.5. The Morgan fingerprint density at radius 2 is 1.49 bits per heavy atom. The number of imidazole rings is 1. The summed E-state index contributed by atoms with van der Waals surface area (Å²) in [6, 6.07) is 17.6. The molecule has 6 amide bonds. The Labute approximate surface area is 413 Å². The van der Waals surface area contributed by atoms with Crippen LogP contribution in [0.3, 0.4) is 0 Å². The van der Waals surface area contributed by atoms with Crippen molar-refractivity contribution in [1.29, 1.82) is 0 Å². The number of carbonyl (C=O) groups is 6. The highest BCUT2D eigenvalue weighted by atomic mass is 35.5.